The lowest BCUT2D eigenvalue weighted by molar-refractivity contribution is -0.303. The van der Waals surface area contributed by atoms with Gasteiger partial charge in [-0.3, -0.25) is 4.79 Å². The number of hydrogen-bond donors (Lipinski definition) is 1. The van der Waals surface area contributed by atoms with E-state index in [9.17, 15) is 19.1 Å². The van der Waals surface area contributed by atoms with Gasteiger partial charge in [-0.15, -0.1) is 0 Å². The van der Waals surface area contributed by atoms with E-state index in [1.54, 1.807) is 0 Å². The zero-order valence-electron chi connectivity index (χ0n) is 7.12. The van der Waals surface area contributed by atoms with Crippen molar-refractivity contribution >= 4 is 11.9 Å². The van der Waals surface area contributed by atoms with Gasteiger partial charge in [0.2, 0.25) is 0 Å². The first-order valence-electron chi connectivity index (χ1n) is 3.83. The molecule has 0 fully saturated rings. The Morgan fingerprint density at radius 2 is 2.14 bits per heavy atom. The molecule has 14 heavy (non-hydrogen) atoms. The van der Waals surface area contributed by atoms with E-state index in [1.165, 1.54) is 18.2 Å². The minimum absolute atomic E-state index is 0.0752. The van der Waals surface area contributed by atoms with E-state index in [-0.39, 0.29) is 5.56 Å². The maximum absolute atomic E-state index is 12.6. The lowest BCUT2D eigenvalue weighted by Gasteiger charge is -2.05. The molecule has 1 rings (SSSR count). The summed E-state index contributed by atoms with van der Waals surface area (Å²) in [4.78, 5) is 21.1. The number of aliphatic carboxylic acids is 1. The lowest BCUT2D eigenvalue weighted by atomic mass is 10.2. The van der Waals surface area contributed by atoms with Crippen LogP contribution in [-0.2, 0) is 4.79 Å². The molecular formula is C9H7FNO3-. The highest BCUT2D eigenvalue weighted by Crippen LogP contribution is 2.02. The molecule has 0 aromatic heterocycles. The van der Waals surface area contributed by atoms with Gasteiger partial charge in [0.1, 0.15) is 5.82 Å². The Morgan fingerprint density at radius 1 is 1.43 bits per heavy atom. The third kappa shape index (κ3) is 2.85. The highest BCUT2D eigenvalue weighted by Gasteiger charge is 2.04. The smallest absolute Gasteiger partial charge is 0.251 e. The summed E-state index contributed by atoms with van der Waals surface area (Å²) >= 11 is 0. The third-order valence-electron chi connectivity index (χ3n) is 1.48. The van der Waals surface area contributed by atoms with Crippen LogP contribution in [0.5, 0.6) is 0 Å². The summed E-state index contributed by atoms with van der Waals surface area (Å²) in [5, 5.41) is 12.1. The summed E-state index contributed by atoms with van der Waals surface area (Å²) in [6.07, 6.45) is 0. The van der Waals surface area contributed by atoms with E-state index in [0.717, 1.165) is 6.07 Å². The van der Waals surface area contributed by atoms with Crippen LogP contribution in [-0.4, -0.2) is 18.4 Å². The van der Waals surface area contributed by atoms with E-state index < -0.39 is 24.2 Å². The van der Waals surface area contributed by atoms with Crippen LogP contribution in [0, 0.1) is 5.82 Å². The van der Waals surface area contributed by atoms with Crippen molar-refractivity contribution in [1.29, 1.82) is 0 Å². The summed E-state index contributed by atoms with van der Waals surface area (Å²) in [5.41, 5.74) is 0.0752. The first kappa shape index (κ1) is 10.2. The molecule has 0 saturated heterocycles. The quantitative estimate of drug-likeness (QED) is 0.695. The van der Waals surface area contributed by atoms with Gasteiger partial charge in [-0.2, -0.15) is 0 Å². The monoisotopic (exact) mass is 196 g/mol. The van der Waals surface area contributed by atoms with Gasteiger partial charge in [-0.05, 0) is 18.2 Å². The fraction of sp³-hybridized carbons (Fsp3) is 0.111. The van der Waals surface area contributed by atoms with Crippen molar-refractivity contribution in [2.24, 2.45) is 0 Å². The van der Waals surface area contributed by atoms with Crippen LogP contribution in [0.1, 0.15) is 10.4 Å². The zero-order chi connectivity index (χ0) is 10.6. The maximum atomic E-state index is 12.6. The fourth-order valence-electron chi connectivity index (χ4n) is 0.884. The molecule has 0 spiro atoms. The summed E-state index contributed by atoms with van der Waals surface area (Å²) in [6.45, 7) is -0.588. The summed E-state index contributed by atoms with van der Waals surface area (Å²) in [7, 11) is 0. The normalized spacial score (nSPS) is 9.50. The summed E-state index contributed by atoms with van der Waals surface area (Å²) in [5.74, 6) is -2.59. The van der Waals surface area contributed by atoms with E-state index in [4.69, 9.17) is 0 Å². The van der Waals surface area contributed by atoms with Gasteiger partial charge in [-0.25, -0.2) is 4.39 Å². The first-order chi connectivity index (χ1) is 6.59. The van der Waals surface area contributed by atoms with Gasteiger partial charge < -0.3 is 15.2 Å². The standard InChI is InChI=1S/C9H8FNO3/c10-7-3-1-2-6(4-7)9(14)11-5-8(12)13/h1-4H,5H2,(H,11,14)(H,12,13)/p-1. The number of carboxylic acids is 1. The van der Waals surface area contributed by atoms with Crippen molar-refractivity contribution in [2.45, 2.75) is 0 Å². The minimum atomic E-state index is -1.39. The molecule has 0 heterocycles. The van der Waals surface area contributed by atoms with Crippen LogP contribution in [0.4, 0.5) is 4.39 Å². The van der Waals surface area contributed by atoms with Crippen LogP contribution in [0.2, 0.25) is 0 Å². The Morgan fingerprint density at radius 3 is 2.71 bits per heavy atom. The van der Waals surface area contributed by atoms with Crippen molar-refractivity contribution in [3.05, 3.63) is 35.6 Å². The van der Waals surface area contributed by atoms with Gasteiger partial charge in [-0.1, -0.05) is 6.07 Å². The SMILES string of the molecule is O=C([O-])CNC(=O)c1cccc(F)c1. The minimum Gasteiger partial charge on any atom is -0.548 e. The van der Waals surface area contributed by atoms with E-state index >= 15 is 0 Å². The number of carbonyl (C=O) groups excluding carboxylic acids is 2. The molecule has 1 N–H and O–H groups in total. The predicted octanol–water partition coefficient (Wildman–Crippen LogP) is -0.695. The number of rotatable bonds is 3. The number of carboxylic acid groups (broad SMARTS) is 1. The molecule has 1 amide bonds. The highest BCUT2D eigenvalue weighted by atomic mass is 19.1. The van der Waals surface area contributed by atoms with Crippen LogP contribution < -0.4 is 10.4 Å². The molecule has 0 radical (unpaired) electrons. The number of benzene rings is 1. The van der Waals surface area contributed by atoms with E-state index in [1.807, 2.05) is 0 Å². The topological polar surface area (TPSA) is 69.2 Å². The van der Waals surface area contributed by atoms with Crippen molar-refractivity contribution < 1.29 is 19.1 Å². The zero-order valence-corrected chi connectivity index (χ0v) is 7.12. The number of amides is 1. The van der Waals surface area contributed by atoms with Crippen LogP contribution in [0.15, 0.2) is 24.3 Å². The predicted molar refractivity (Wildman–Crippen MR) is 43.7 cm³/mol. The van der Waals surface area contributed by atoms with Gasteiger partial charge in [0.05, 0.1) is 12.5 Å². The molecule has 0 unspecified atom stereocenters. The number of carbonyl (C=O) groups is 2. The second kappa shape index (κ2) is 4.36. The van der Waals surface area contributed by atoms with Crippen molar-refractivity contribution in [3.63, 3.8) is 0 Å². The molecule has 74 valence electrons. The van der Waals surface area contributed by atoms with Crippen LogP contribution in [0.25, 0.3) is 0 Å². The molecule has 0 aliphatic rings. The Labute approximate surface area is 79.4 Å². The molecule has 4 nitrogen and oxygen atoms in total. The number of nitrogens with one attached hydrogen (secondary N) is 1. The molecular weight excluding hydrogens is 189 g/mol. The molecule has 0 saturated carbocycles. The molecule has 1 aromatic carbocycles. The van der Waals surface area contributed by atoms with Gasteiger partial charge >= 0.3 is 0 Å². The van der Waals surface area contributed by atoms with Gasteiger partial charge in [0, 0.05) is 5.56 Å². The third-order valence-corrected chi connectivity index (χ3v) is 1.48. The Kier molecular flexibility index (Phi) is 3.17. The van der Waals surface area contributed by atoms with Crippen molar-refractivity contribution in [2.75, 3.05) is 6.54 Å². The Bertz CT molecular complexity index is 365. The Hall–Kier alpha value is -1.91. The summed E-state index contributed by atoms with van der Waals surface area (Å²) in [6, 6.07) is 4.96. The number of halogens is 1. The molecule has 5 heteroatoms. The number of hydrogen-bond acceptors (Lipinski definition) is 3. The average molecular weight is 196 g/mol. The van der Waals surface area contributed by atoms with E-state index in [2.05, 4.69) is 5.32 Å². The highest BCUT2D eigenvalue weighted by molar-refractivity contribution is 5.95. The van der Waals surface area contributed by atoms with E-state index in [0.29, 0.717) is 0 Å². The largest absolute Gasteiger partial charge is 0.548 e. The maximum Gasteiger partial charge on any atom is 0.251 e. The second-order valence-electron chi connectivity index (χ2n) is 2.57. The molecule has 1 aromatic rings. The molecule has 0 aliphatic heterocycles. The van der Waals surface area contributed by atoms with Crippen LogP contribution in [0.3, 0.4) is 0 Å². The van der Waals surface area contributed by atoms with Crippen LogP contribution >= 0.6 is 0 Å². The second-order valence-corrected chi connectivity index (χ2v) is 2.57. The van der Waals surface area contributed by atoms with Gasteiger partial charge in [0.15, 0.2) is 0 Å². The molecule has 0 aliphatic carbocycles. The average Bonchev–Trinajstić information content (AvgIpc) is 2.14. The van der Waals surface area contributed by atoms with Crippen molar-refractivity contribution in [3.8, 4) is 0 Å². The fourth-order valence-corrected chi connectivity index (χ4v) is 0.884. The molecule has 0 bridgehead atoms. The molecule has 0 atom stereocenters. The first-order valence-corrected chi connectivity index (χ1v) is 3.83. The van der Waals surface area contributed by atoms with Crippen molar-refractivity contribution in [1.82, 2.24) is 5.32 Å². The van der Waals surface area contributed by atoms with Gasteiger partial charge in [0.25, 0.3) is 5.91 Å². The Balaban J connectivity index is 2.65. The summed E-state index contributed by atoms with van der Waals surface area (Å²) < 4.78 is 12.6. The lowest BCUT2D eigenvalue weighted by Crippen LogP contribution is -2.37.